The molecule has 29 heavy (non-hydrogen) atoms. The van der Waals surface area contributed by atoms with E-state index in [-0.39, 0.29) is 36.0 Å². The molecule has 0 saturated carbocycles. The number of nitrogens with one attached hydrogen (secondary N) is 1. The third-order valence-corrected chi connectivity index (χ3v) is 4.17. The van der Waals surface area contributed by atoms with Crippen molar-refractivity contribution >= 4 is 40.7 Å². The van der Waals surface area contributed by atoms with Crippen LogP contribution < -0.4 is 5.32 Å². The number of hydrogen-bond donors (Lipinski definition) is 1. The predicted octanol–water partition coefficient (Wildman–Crippen LogP) is 4.25. The fourth-order valence-electron chi connectivity index (χ4n) is 2.40. The van der Waals surface area contributed by atoms with Crippen LogP contribution in [0.25, 0.3) is 5.69 Å². The Bertz CT molecular complexity index is 990. The summed E-state index contributed by atoms with van der Waals surface area (Å²) >= 11 is 12.0. The van der Waals surface area contributed by atoms with Gasteiger partial charge in [-0.1, -0.05) is 23.2 Å². The zero-order valence-electron chi connectivity index (χ0n) is 15.0. The molecule has 0 aliphatic rings. The van der Waals surface area contributed by atoms with Crippen LogP contribution in [0.15, 0.2) is 12.1 Å². The molecule has 1 aromatic heterocycles. The highest BCUT2D eigenvalue weighted by Crippen LogP contribution is 2.39. The summed E-state index contributed by atoms with van der Waals surface area (Å²) in [6, 6.07) is 2.94. The number of nitriles is 1. The van der Waals surface area contributed by atoms with E-state index in [1.54, 1.807) is 13.0 Å². The topological polar surface area (TPSA) is 97.0 Å². The van der Waals surface area contributed by atoms with Crippen molar-refractivity contribution in [2.24, 2.45) is 0 Å². The fraction of sp³-hybridized carbons (Fsp3) is 0.294. The van der Waals surface area contributed by atoms with Crippen LogP contribution in [-0.4, -0.2) is 34.7 Å². The number of benzene rings is 1. The van der Waals surface area contributed by atoms with Crippen LogP contribution in [0.2, 0.25) is 10.0 Å². The first-order chi connectivity index (χ1) is 13.5. The molecule has 0 bridgehead atoms. The first-order valence-corrected chi connectivity index (χ1v) is 8.75. The lowest BCUT2D eigenvalue weighted by Crippen LogP contribution is -2.21. The molecular formula is C17H13Cl2F3N4O3. The predicted molar refractivity (Wildman–Crippen MR) is 98.4 cm³/mol. The molecule has 0 atom stereocenters. The fourth-order valence-corrected chi connectivity index (χ4v) is 3.05. The van der Waals surface area contributed by atoms with Gasteiger partial charge in [-0.3, -0.25) is 9.59 Å². The number of amides is 1. The quantitative estimate of drug-likeness (QED) is 0.666. The highest BCUT2D eigenvalue weighted by atomic mass is 35.5. The maximum atomic E-state index is 13.0. The van der Waals surface area contributed by atoms with Crippen LogP contribution in [0.3, 0.4) is 0 Å². The first-order valence-electron chi connectivity index (χ1n) is 7.99. The highest BCUT2D eigenvalue weighted by molar-refractivity contribution is 6.38. The van der Waals surface area contributed by atoms with Crippen molar-refractivity contribution in [1.29, 1.82) is 5.26 Å². The van der Waals surface area contributed by atoms with Gasteiger partial charge in [-0.2, -0.15) is 23.5 Å². The third-order valence-electron chi connectivity index (χ3n) is 3.59. The Kier molecular flexibility index (Phi) is 6.89. The molecule has 2 aromatic rings. The number of aromatic nitrogens is 2. The Labute approximate surface area is 172 Å². The largest absolute Gasteiger partial charge is 0.416 e. The van der Waals surface area contributed by atoms with Crippen LogP contribution in [0.1, 0.15) is 35.5 Å². The summed E-state index contributed by atoms with van der Waals surface area (Å²) in [5.74, 6) is -1.56. The number of ether oxygens (including phenoxy) is 1. The minimum absolute atomic E-state index is 0.239. The maximum Gasteiger partial charge on any atom is 0.416 e. The van der Waals surface area contributed by atoms with Crippen molar-refractivity contribution in [2.75, 3.05) is 18.5 Å². The molecule has 2 rings (SSSR count). The van der Waals surface area contributed by atoms with Gasteiger partial charge in [-0.25, -0.2) is 4.68 Å². The number of halogens is 5. The van der Waals surface area contributed by atoms with E-state index in [1.165, 1.54) is 0 Å². The third kappa shape index (κ3) is 4.87. The lowest BCUT2D eigenvalue weighted by atomic mass is 10.1. The average molecular weight is 449 g/mol. The van der Waals surface area contributed by atoms with Gasteiger partial charge >= 0.3 is 6.18 Å². The van der Waals surface area contributed by atoms with Crippen molar-refractivity contribution in [3.05, 3.63) is 39.0 Å². The van der Waals surface area contributed by atoms with Crippen LogP contribution in [-0.2, 0) is 15.7 Å². The molecule has 0 fully saturated rings. The Morgan fingerprint density at radius 3 is 2.34 bits per heavy atom. The Balaban J connectivity index is 2.71. The molecule has 154 valence electrons. The molecule has 0 spiro atoms. The summed E-state index contributed by atoms with van der Waals surface area (Å²) in [5.41, 5.74) is -1.95. The summed E-state index contributed by atoms with van der Waals surface area (Å²) < 4.78 is 44.8. The molecule has 1 heterocycles. The number of ketones is 1. The van der Waals surface area contributed by atoms with Gasteiger partial charge in [-0.15, -0.1) is 0 Å². The van der Waals surface area contributed by atoms with E-state index >= 15 is 0 Å². The number of anilines is 1. The van der Waals surface area contributed by atoms with E-state index in [4.69, 9.17) is 27.9 Å². The van der Waals surface area contributed by atoms with Gasteiger partial charge in [0, 0.05) is 6.61 Å². The first kappa shape index (κ1) is 22.7. The second-order valence-corrected chi connectivity index (χ2v) is 6.44. The molecular weight excluding hydrogens is 436 g/mol. The molecule has 0 aliphatic heterocycles. The zero-order chi connectivity index (χ0) is 21.9. The number of carbonyl (C=O) groups is 2. The van der Waals surface area contributed by atoms with E-state index in [0.717, 1.165) is 11.6 Å². The van der Waals surface area contributed by atoms with Crippen LogP contribution in [0, 0.1) is 11.3 Å². The molecule has 7 nitrogen and oxygen atoms in total. The van der Waals surface area contributed by atoms with E-state index in [0.29, 0.717) is 12.1 Å². The Morgan fingerprint density at radius 2 is 1.90 bits per heavy atom. The molecule has 12 heteroatoms. The van der Waals surface area contributed by atoms with E-state index in [2.05, 4.69) is 10.4 Å². The summed E-state index contributed by atoms with van der Waals surface area (Å²) in [4.78, 5) is 24.1. The van der Waals surface area contributed by atoms with Crippen molar-refractivity contribution in [3.63, 3.8) is 0 Å². The molecule has 1 aromatic carbocycles. The summed E-state index contributed by atoms with van der Waals surface area (Å²) in [6.07, 6.45) is -4.70. The molecule has 0 unspecified atom stereocenters. The van der Waals surface area contributed by atoms with E-state index in [1.807, 2.05) is 0 Å². The zero-order valence-corrected chi connectivity index (χ0v) is 16.5. The van der Waals surface area contributed by atoms with Crippen molar-refractivity contribution < 1.29 is 27.5 Å². The van der Waals surface area contributed by atoms with Gasteiger partial charge in [0.2, 0.25) is 0 Å². The van der Waals surface area contributed by atoms with Crippen molar-refractivity contribution in [2.45, 2.75) is 20.0 Å². The monoisotopic (exact) mass is 448 g/mol. The number of nitrogens with zero attached hydrogens (tertiary/aromatic N) is 3. The standard InChI is InChI=1S/C17H13Cl2F3N4O3/c1-3-29-7-13(28)24-16-14(8(2)27)12(6-23)25-26(16)15-10(18)4-9(5-11(15)19)17(20,21)22/h4-5H,3,7H2,1-2H3,(H,24,28). The van der Waals surface area contributed by atoms with Crippen molar-refractivity contribution in [3.8, 4) is 11.8 Å². The summed E-state index contributed by atoms with van der Waals surface area (Å²) in [6.45, 7) is 2.67. The van der Waals surface area contributed by atoms with Gasteiger partial charge in [0.15, 0.2) is 11.5 Å². The number of rotatable bonds is 6. The van der Waals surface area contributed by atoms with Crippen molar-refractivity contribution in [1.82, 2.24) is 9.78 Å². The highest BCUT2D eigenvalue weighted by Gasteiger charge is 2.33. The van der Waals surface area contributed by atoms with Gasteiger partial charge in [0.05, 0.1) is 21.2 Å². The molecule has 0 radical (unpaired) electrons. The Morgan fingerprint density at radius 1 is 1.31 bits per heavy atom. The van der Waals surface area contributed by atoms with E-state index in [9.17, 15) is 28.0 Å². The molecule has 0 saturated heterocycles. The van der Waals surface area contributed by atoms with Gasteiger partial charge in [0.1, 0.15) is 24.2 Å². The molecule has 1 amide bonds. The molecule has 1 N–H and O–H groups in total. The molecule has 0 aliphatic carbocycles. The smallest absolute Gasteiger partial charge is 0.372 e. The van der Waals surface area contributed by atoms with E-state index < -0.39 is 33.5 Å². The van der Waals surface area contributed by atoms with Gasteiger partial charge < -0.3 is 10.1 Å². The lowest BCUT2D eigenvalue weighted by molar-refractivity contribution is -0.137. The van der Waals surface area contributed by atoms with Gasteiger partial charge in [0.25, 0.3) is 5.91 Å². The number of hydrogen-bond acceptors (Lipinski definition) is 5. The van der Waals surface area contributed by atoms with Crippen LogP contribution >= 0.6 is 23.2 Å². The number of Topliss-reactive ketones (excluding diaryl/α,β-unsaturated/α-hetero) is 1. The van der Waals surface area contributed by atoms with Crippen LogP contribution in [0.5, 0.6) is 0 Å². The number of alkyl halides is 3. The van der Waals surface area contributed by atoms with Gasteiger partial charge in [-0.05, 0) is 26.0 Å². The Hall–Kier alpha value is -2.61. The minimum atomic E-state index is -4.70. The summed E-state index contributed by atoms with van der Waals surface area (Å²) in [5, 5.41) is 14.7. The SMILES string of the molecule is CCOCC(=O)Nc1c(C(C)=O)c(C#N)nn1-c1c(Cl)cc(C(F)(F)F)cc1Cl. The normalized spacial score (nSPS) is 11.2. The summed E-state index contributed by atoms with van der Waals surface area (Å²) in [7, 11) is 0. The van der Waals surface area contributed by atoms with Crippen LogP contribution in [0.4, 0.5) is 19.0 Å². The second kappa shape index (κ2) is 8.82. The average Bonchev–Trinajstić information content (AvgIpc) is 2.96. The minimum Gasteiger partial charge on any atom is -0.372 e. The lowest BCUT2D eigenvalue weighted by Gasteiger charge is -2.15. The maximum absolute atomic E-state index is 13.0. The number of carbonyl (C=O) groups excluding carboxylic acids is 2. The second-order valence-electron chi connectivity index (χ2n) is 5.62.